The van der Waals surface area contributed by atoms with E-state index in [9.17, 15) is 0 Å². The van der Waals surface area contributed by atoms with Crippen molar-refractivity contribution in [2.45, 2.75) is 6.42 Å². The maximum atomic E-state index is 2.22. The van der Waals surface area contributed by atoms with E-state index in [0.717, 1.165) is 6.42 Å². The molecule has 0 saturated carbocycles. The van der Waals surface area contributed by atoms with Crippen molar-refractivity contribution in [1.82, 2.24) is 6.15 Å². The van der Waals surface area contributed by atoms with Gasteiger partial charge in [0.2, 0.25) is 0 Å². The minimum Gasteiger partial charge on any atom is -0.0619 e. The lowest BCUT2D eigenvalue weighted by atomic mass is 10.1. The molecule has 14 heavy (non-hydrogen) atoms. The molecule has 2 aromatic carbocycles. The van der Waals surface area contributed by atoms with Gasteiger partial charge in [-0.05, 0) is 28.7 Å². The summed E-state index contributed by atoms with van der Waals surface area (Å²) in [4.78, 5) is 0. The molecule has 0 saturated heterocycles. The summed E-state index contributed by atoms with van der Waals surface area (Å²) in [6.45, 7) is 0. The molecule has 0 unspecified atom stereocenters. The van der Waals surface area contributed by atoms with E-state index in [4.69, 9.17) is 0 Å². The van der Waals surface area contributed by atoms with Crippen molar-refractivity contribution in [3.63, 3.8) is 0 Å². The third-order valence-electron chi connectivity index (χ3n) is 2.71. The summed E-state index contributed by atoms with van der Waals surface area (Å²) in [6, 6.07) is 17.3. The van der Waals surface area contributed by atoms with Crippen molar-refractivity contribution in [2.24, 2.45) is 0 Å². The van der Waals surface area contributed by atoms with Gasteiger partial charge in [-0.3, -0.25) is 0 Å². The van der Waals surface area contributed by atoms with Crippen LogP contribution < -0.4 is 6.15 Å². The minimum atomic E-state index is 0. The van der Waals surface area contributed by atoms with Gasteiger partial charge in [0, 0.05) is 6.15 Å². The largest absolute Gasteiger partial charge is 0.0619 e. The first-order valence-corrected chi connectivity index (χ1v) is 4.61. The van der Waals surface area contributed by atoms with E-state index in [-0.39, 0.29) is 6.15 Å². The van der Waals surface area contributed by atoms with Crippen molar-refractivity contribution >= 4 is 0 Å². The molecular formula is C13H10N. The van der Waals surface area contributed by atoms with Crippen LogP contribution in [-0.2, 0) is 6.42 Å². The Balaban J connectivity index is 0.000000750. The molecule has 3 radical (unpaired) electrons. The third kappa shape index (κ3) is 1.14. The fourth-order valence-electron chi connectivity index (χ4n) is 2.08. The highest BCUT2D eigenvalue weighted by molar-refractivity contribution is 5.76. The normalized spacial score (nSPS) is 11.4. The molecule has 1 nitrogen and oxygen atoms in total. The van der Waals surface area contributed by atoms with E-state index in [0.29, 0.717) is 0 Å². The highest BCUT2D eigenvalue weighted by Crippen LogP contribution is 2.35. The summed E-state index contributed by atoms with van der Waals surface area (Å²) in [7, 11) is 0. The van der Waals surface area contributed by atoms with E-state index in [2.05, 4.69) is 48.5 Å². The van der Waals surface area contributed by atoms with Crippen molar-refractivity contribution in [1.29, 1.82) is 0 Å². The van der Waals surface area contributed by atoms with Crippen LogP contribution in [0.1, 0.15) is 11.1 Å². The van der Waals surface area contributed by atoms with Crippen LogP contribution in [-0.4, -0.2) is 0 Å². The number of rotatable bonds is 0. The molecule has 0 spiro atoms. The van der Waals surface area contributed by atoms with Crippen molar-refractivity contribution in [2.75, 3.05) is 0 Å². The molecule has 2 aromatic rings. The third-order valence-corrected chi connectivity index (χ3v) is 2.71. The number of fused-ring (bicyclic) bond motifs is 3. The molecule has 0 fully saturated rings. The Morgan fingerprint density at radius 1 is 0.643 bits per heavy atom. The van der Waals surface area contributed by atoms with Crippen LogP contribution >= 0.6 is 0 Å². The fraction of sp³-hybridized carbons (Fsp3) is 0.0769. The van der Waals surface area contributed by atoms with Gasteiger partial charge in [-0.15, -0.1) is 0 Å². The van der Waals surface area contributed by atoms with Gasteiger partial charge in [0.15, 0.2) is 0 Å². The van der Waals surface area contributed by atoms with Crippen LogP contribution in [0.4, 0.5) is 0 Å². The summed E-state index contributed by atoms with van der Waals surface area (Å²) in [6.07, 6.45) is 1.10. The van der Waals surface area contributed by atoms with Gasteiger partial charge in [-0.25, -0.2) is 0 Å². The predicted molar refractivity (Wildman–Crippen MR) is 56.8 cm³/mol. The number of nitrogens with zero attached hydrogens (tertiary/aromatic N) is 1. The Morgan fingerprint density at radius 2 is 1.07 bits per heavy atom. The quantitative estimate of drug-likeness (QED) is 0.509. The Bertz CT molecular complexity index is 417. The molecule has 3 rings (SSSR count). The molecule has 0 aromatic heterocycles. The Kier molecular flexibility index (Phi) is 2.10. The van der Waals surface area contributed by atoms with E-state index in [1.807, 2.05) is 0 Å². The smallest absolute Gasteiger partial charge is 0 e. The molecule has 0 heterocycles. The highest BCUT2D eigenvalue weighted by atomic mass is 14.2. The zero-order chi connectivity index (χ0) is 8.67. The van der Waals surface area contributed by atoms with E-state index >= 15 is 0 Å². The molecule has 0 N–H and O–H groups in total. The molecule has 67 valence electrons. The van der Waals surface area contributed by atoms with Crippen molar-refractivity contribution in [3.8, 4) is 11.1 Å². The van der Waals surface area contributed by atoms with E-state index < -0.39 is 0 Å². The summed E-state index contributed by atoms with van der Waals surface area (Å²) in [5.41, 5.74) is 5.75. The van der Waals surface area contributed by atoms with Gasteiger partial charge < -0.3 is 0 Å². The lowest BCUT2D eigenvalue weighted by Gasteiger charge is -1.98. The standard InChI is InChI=1S/C13H10.N/c1-3-7-12-10(5-1)9-11-6-2-4-8-13(11)12;/h1-8H,9H2;. The fourth-order valence-corrected chi connectivity index (χ4v) is 2.08. The number of hydrogen-bond donors (Lipinski definition) is 0. The average Bonchev–Trinajstić information content (AvgIpc) is 2.56. The molecule has 0 aliphatic heterocycles. The number of hydrogen-bond acceptors (Lipinski definition) is 0. The lowest BCUT2D eigenvalue weighted by Crippen LogP contribution is -1.77. The van der Waals surface area contributed by atoms with E-state index in [1.54, 1.807) is 0 Å². The first-order chi connectivity index (χ1) is 6.45. The van der Waals surface area contributed by atoms with Crippen molar-refractivity contribution in [3.05, 3.63) is 59.7 Å². The molecule has 0 atom stereocenters. The predicted octanol–water partition coefficient (Wildman–Crippen LogP) is 2.78. The van der Waals surface area contributed by atoms with Crippen LogP contribution in [0.5, 0.6) is 0 Å². The van der Waals surface area contributed by atoms with Gasteiger partial charge in [0.1, 0.15) is 0 Å². The Hall–Kier alpha value is -1.60. The summed E-state index contributed by atoms with van der Waals surface area (Å²) >= 11 is 0. The molecule has 1 aliphatic carbocycles. The Labute approximate surface area is 84.0 Å². The van der Waals surface area contributed by atoms with Crippen LogP contribution in [0.25, 0.3) is 11.1 Å². The van der Waals surface area contributed by atoms with Crippen molar-refractivity contribution < 1.29 is 0 Å². The Morgan fingerprint density at radius 3 is 1.57 bits per heavy atom. The summed E-state index contributed by atoms with van der Waals surface area (Å²) < 4.78 is 0. The first kappa shape index (κ1) is 8.97. The second-order valence-electron chi connectivity index (χ2n) is 3.49. The topological polar surface area (TPSA) is 30.5 Å². The van der Waals surface area contributed by atoms with Gasteiger partial charge in [0.25, 0.3) is 0 Å². The van der Waals surface area contributed by atoms with Crippen LogP contribution in [0.3, 0.4) is 0 Å². The summed E-state index contributed by atoms with van der Waals surface area (Å²) in [5, 5.41) is 0. The molecule has 0 amide bonds. The summed E-state index contributed by atoms with van der Waals surface area (Å²) in [5.74, 6) is 0. The zero-order valence-corrected chi connectivity index (χ0v) is 7.77. The SMILES string of the molecule is [N].c1ccc2c(c1)Cc1ccccc1-2. The average molecular weight is 180 g/mol. The van der Waals surface area contributed by atoms with Crippen LogP contribution in [0, 0.1) is 0 Å². The monoisotopic (exact) mass is 180 g/mol. The van der Waals surface area contributed by atoms with Crippen LogP contribution in [0.15, 0.2) is 48.5 Å². The highest BCUT2D eigenvalue weighted by Gasteiger charge is 2.15. The maximum Gasteiger partial charge on any atom is 0 e. The van der Waals surface area contributed by atoms with Gasteiger partial charge in [-0.1, -0.05) is 48.5 Å². The van der Waals surface area contributed by atoms with Gasteiger partial charge >= 0.3 is 0 Å². The van der Waals surface area contributed by atoms with Gasteiger partial charge in [0.05, 0.1) is 0 Å². The molecular weight excluding hydrogens is 170 g/mol. The first-order valence-electron chi connectivity index (χ1n) is 4.61. The minimum absolute atomic E-state index is 0. The molecule has 1 aliphatic rings. The van der Waals surface area contributed by atoms with Gasteiger partial charge in [-0.2, -0.15) is 0 Å². The second-order valence-corrected chi connectivity index (χ2v) is 3.49. The molecule has 1 heteroatoms. The van der Waals surface area contributed by atoms with Crippen LogP contribution in [0.2, 0.25) is 0 Å². The van der Waals surface area contributed by atoms with E-state index in [1.165, 1.54) is 22.3 Å². The maximum absolute atomic E-state index is 2.22. The number of benzene rings is 2. The second kappa shape index (κ2) is 3.28. The lowest BCUT2D eigenvalue weighted by molar-refractivity contribution is 1.26. The molecule has 0 bridgehead atoms. The zero-order valence-electron chi connectivity index (χ0n) is 7.77.